The summed E-state index contributed by atoms with van der Waals surface area (Å²) in [7, 11) is -12.4. The van der Waals surface area contributed by atoms with Crippen LogP contribution in [-0.4, -0.2) is 134 Å². The average Bonchev–Trinajstić information content (AvgIpc) is 3.91. The number of carboxylic acid groups (broad SMARTS) is 2. The van der Waals surface area contributed by atoms with Gasteiger partial charge in [0.2, 0.25) is 26.0 Å². The number of aromatic nitrogens is 4. The van der Waals surface area contributed by atoms with E-state index < -0.39 is 85.2 Å². The molecule has 13 N–H and O–H groups in total. The van der Waals surface area contributed by atoms with E-state index in [0.29, 0.717) is 35.6 Å². The standard InChI is InChI=1S/C34H42N10O11S3.C2HF3O2/c35-28(21-56(49,50)51)32(46)36-15-16-42-57(52,53)26-7-2-22(3-8-26)23-4-9-27(10-5-23)58(54,55)43-29(33(47)48)20-40-31(45)24-6-11-30-25(18-24)19-41-44(30)17-1-12-37-34-38-13-14-39-34;3-2(4,5)1(6)7/h2-11,13-14,18-19,28-29,42-43,49-51H,1,12,15-17,20-21,35H2,(H,36,46)(H,40,45)(H,47,48)(H2,37,38,39);(H,6,7)/t28-,29-;/m0./s1. The van der Waals surface area contributed by atoms with Crippen molar-refractivity contribution in [2.24, 2.45) is 5.73 Å². The predicted octanol–water partition coefficient (Wildman–Crippen LogP) is 1.67. The Labute approximate surface area is 369 Å². The molecule has 2 atom stereocenters. The van der Waals surface area contributed by atoms with Gasteiger partial charge in [0.1, 0.15) is 6.04 Å². The highest BCUT2D eigenvalue weighted by molar-refractivity contribution is 8.19. The number of nitrogens with zero attached hydrogens (tertiary/aromatic N) is 3. The number of carbonyl (C=O) groups excluding carboxylic acids is 2. The number of halogens is 3. The molecule has 29 heteroatoms. The van der Waals surface area contributed by atoms with Crippen LogP contribution >= 0.6 is 10.9 Å². The molecule has 5 aromatic rings. The van der Waals surface area contributed by atoms with E-state index in [2.05, 4.69) is 40.5 Å². The van der Waals surface area contributed by atoms with Gasteiger partial charge in [0.05, 0.1) is 44.2 Å². The van der Waals surface area contributed by atoms with Crippen LogP contribution in [0.3, 0.4) is 0 Å². The molecular weight excluding hydrogens is 934 g/mol. The number of hydrogen-bond acceptors (Lipinski definition) is 15. The summed E-state index contributed by atoms with van der Waals surface area (Å²) < 4.78 is 117. The highest BCUT2D eigenvalue weighted by atomic mass is 32.3. The normalized spacial score (nSPS) is 13.2. The van der Waals surface area contributed by atoms with Gasteiger partial charge in [-0.05, 0) is 60.0 Å². The number of hydrogen-bond donors (Lipinski definition) is 12. The Hall–Kier alpha value is -6.18. The number of aryl methyl sites for hydroxylation is 1. The summed E-state index contributed by atoms with van der Waals surface area (Å²) in [6.45, 7) is 0.291. The Bertz CT molecular complexity index is 2650. The second-order valence-corrected chi connectivity index (χ2v) is 18.6. The number of alkyl halides is 3. The summed E-state index contributed by atoms with van der Waals surface area (Å²) >= 11 is 0. The molecule has 0 aliphatic carbocycles. The topological polar surface area (TPSA) is 370 Å². The molecule has 0 spiro atoms. The Balaban J connectivity index is 0.00000122. The number of nitrogens with two attached hydrogens (primary N) is 1. The predicted molar refractivity (Wildman–Crippen MR) is 228 cm³/mol. The molecule has 2 aromatic heterocycles. The lowest BCUT2D eigenvalue weighted by molar-refractivity contribution is -0.192. The second kappa shape index (κ2) is 22.1. The van der Waals surface area contributed by atoms with Crippen LogP contribution in [0.1, 0.15) is 16.8 Å². The lowest BCUT2D eigenvalue weighted by atomic mass is 10.1. The molecule has 0 saturated heterocycles. The summed E-state index contributed by atoms with van der Waals surface area (Å²) in [5.41, 5.74) is 7.53. The Kier molecular flexibility index (Phi) is 17.5. The van der Waals surface area contributed by atoms with Gasteiger partial charge in [-0.1, -0.05) is 24.3 Å². The number of benzene rings is 3. The van der Waals surface area contributed by atoms with Gasteiger partial charge in [-0.3, -0.25) is 19.1 Å². The first-order chi connectivity index (χ1) is 30.4. The molecule has 0 unspecified atom stereocenters. The number of rotatable bonds is 21. The molecule has 5 rings (SSSR count). The number of aromatic amines is 1. The van der Waals surface area contributed by atoms with Crippen molar-refractivity contribution in [2.75, 3.05) is 37.2 Å². The summed E-state index contributed by atoms with van der Waals surface area (Å²) in [6.07, 6.45) is 0.640. The monoisotopic (exact) mass is 976 g/mol. The Morgan fingerprint density at radius 3 is 1.97 bits per heavy atom. The summed E-state index contributed by atoms with van der Waals surface area (Å²) in [5, 5.41) is 29.9. The maximum Gasteiger partial charge on any atom is 0.490 e. The fourth-order valence-electron chi connectivity index (χ4n) is 5.49. The molecule has 2 amide bonds. The van der Waals surface area contributed by atoms with Crippen LogP contribution in [0.15, 0.2) is 95.1 Å². The van der Waals surface area contributed by atoms with Gasteiger partial charge in [-0.25, -0.2) is 31.3 Å². The molecule has 0 bridgehead atoms. The van der Waals surface area contributed by atoms with Crippen molar-refractivity contribution >= 4 is 71.5 Å². The van der Waals surface area contributed by atoms with Crippen LogP contribution in [-0.2, 0) is 41.0 Å². The van der Waals surface area contributed by atoms with E-state index in [1.807, 2.05) is 0 Å². The zero-order chi connectivity index (χ0) is 48.2. The minimum absolute atomic E-state index is 0.109. The molecule has 0 saturated carbocycles. The van der Waals surface area contributed by atoms with Crippen molar-refractivity contribution in [3.05, 3.63) is 90.9 Å². The van der Waals surface area contributed by atoms with E-state index in [1.54, 1.807) is 41.5 Å². The van der Waals surface area contributed by atoms with E-state index in [-0.39, 0.29) is 28.4 Å². The number of amides is 2. The number of fused-ring (bicyclic) bond motifs is 1. The molecule has 23 nitrogen and oxygen atoms in total. The van der Waals surface area contributed by atoms with E-state index in [1.165, 1.54) is 48.5 Å². The Morgan fingerprint density at radius 1 is 0.831 bits per heavy atom. The van der Waals surface area contributed by atoms with E-state index in [0.717, 1.165) is 11.9 Å². The fraction of sp³-hybridized carbons (Fsp3) is 0.278. The van der Waals surface area contributed by atoms with Gasteiger partial charge in [-0.15, -0.1) is 0 Å². The van der Waals surface area contributed by atoms with E-state index in [4.69, 9.17) is 29.3 Å². The van der Waals surface area contributed by atoms with Crippen LogP contribution in [0.5, 0.6) is 0 Å². The lowest BCUT2D eigenvalue weighted by Crippen LogP contribution is -2.48. The van der Waals surface area contributed by atoms with Crippen LogP contribution in [0.25, 0.3) is 22.0 Å². The number of anilines is 1. The molecule has 0 aliphatic heterocycles. The van der Waals surface area contributed by atoms with Gasteiger partial charge in [-0.2, -0.15) is 23.0 Å². The van der Waals surface area contributed by atoms with Crippen molar-refractivity contribution in [3.8, 4) is 11.1 Å². The van der Waals surface area contributed by atoms with E-state index >= 15 is 0 Å². The molecule has 3 aromatic carbocycles. The number of carbonyl (C=O) groups is 4. The number of sulfonamides is 2. The molecule has 354 valence electrons. The van der Waals surface area contributed by atoms with Crippen molar-refractivity contribution in [2.45, 2.75) is 41.0 Å². The number of nitrogens with one attached hydrogen (secondary N) is 6. The van der Waals surface area contributed by atoms with Crippen molar-refractivity contribution < 1.29 is 73.1 Å². The second-order valence-electron chi connectivity index (χ2n) is 13.5. The Morgan fingerprint density at radius 2 is 1.43 bits per heavy atom. The van der Waals surface area contributed by atoms with Gasteiger partial charge in [0.25, 0.3) is 5.91 Å². The molecular formula is C36H43F3N10O13S3. The first-order valence-electron chi connectivity index (χ1n) is 18.6. The van der Waals surface area contributed by atoms with Crippen molar-refractivity contribution in [3.63, 3.8) is 0 Å². The first kappa shape index (κ1) is 51.5. The molecule has 0 radical (unpaired) electrons. The lowest BCUT2D eigenvalue weighted by Gasteiger charge is -2.22. The maximum atomic E-state index is 13.2. The third-order valence-electron chi connectivity index (χ3n) is 8.66. The zero-order valence-corrected chi connectivity index (χ0v) is 35.9. The van der Waals surface area contributed by atoms with E-state index in [9.17, 15) is 49.5 Å². The van der Waals surface area contributed by atoms with Gasteiger partial charge >= 0.3 is 18.1 Å². The highest BCUT2D eigenvalue weighted by Crippen LogP contribution is 2.32. The number of aliphatic carboxylic acids is 2. The third-order valence-corrected chi connectivity index (χ3v) is 12.4. The third kappa shape index (κ3) is 15.8. The largest absolute Gasteiger partial charge is 0.490 e. The minimum atomic E-state index is -5.08. The van der Waals surface area contributed by atoms with Gasteiger partial charge in [0, 0.05) is 56.1 Å². The van der Waals surface area contributed by atoms with Crippen LogP contribution in [0, 0.1) is 0 Å². The smallest absolute Gasteiger partial charge is 0.480 e. The summed E-state index contributed by atoms with van der Waals surface area (Å²) in [5.74, 6) is -5.82. The van der Waals surface area contributed by atoms with Gasteiger partial charge < -0.3 is 50.5 Å². The summed E-state index contributed by atoms with van der Waals surface area (Å²) in [6, 6.07) is 12.8. The number of H-pyrrole nitrogens is 1. The number of carboxylic acids is 2. The van der Waals surface area contributed by atoms with Crippen molar-refractivity contribution in [1.82, 2.24) is 39.8 Å². The SMILES string of the molecule is N[C@@H](CS(O)(O)O)C(=O)NCCNS(=O)(=O)c1ccc(-c2ccc(S(=O)(=O)N[C@@H](CNC(=O)c3ccc4c(cnn4CCCNc4ncc[nH]4)c3)C(=O)O)cc2)cc1.O=C(O)C(F)(F)F. The van der Waals surface area contributed by atoms with Crippen molar-refractivity contribution in [1.29, 1.82) is 0 Å². The van der Waals surface area contributed by atoms with Crippen LogP contribution < -0.4 is 31.1 Å². The van der Waals surface area contributed by atoms with Gasteiger partial charge in [0.15, 0.2) is 5.95 Å². The molecule has 0 aliphatic rings. The fourth-order valence-corrected chi connectivity index (χ4v) is 8.34. The first-order valence-corrected chi connectivity index (χ1v) is 23.2. The highest BCUT2D eigenvalue weighted by Gasteiger charge is 2.38. The van der Waals surface area contributed by atoms with Crippen LogP contribution in [0.2, 0.25) is 0 Å². The minimum Gasteiger partial charge on any atom is -0.480 e. The average molecular weight is 977 g/mol. The van der Waals surface area contributed by atoms with Crippen LogP contribution in [0.4, 0.5) is 19.1 Å². The quantitative estimate of drug-likeness (QED) is 0.0465. The molecule has 65 heavy (non-hydrogen) atoms. The summed E-state index contributed by atoms with van der Waals surface area (Å²) in [4.78, 5) is 52.5. The molecule has 0 fully saturated rings. The zero-order valence-electron chi connectivity index (χ0n) is 33.5. The maximum absolute atomic E-state index is 13.2. The molecule has 2 heterocycles. The number of imidazole rings is 1.